The molecule has 2 rings (SSSR count). The zero-order valence-corrected chi connectivity index (χ0v) is 13.4. The summed E-state index contributed by atoms with van der Waals surface area (Å²) in [4.78, 5) is 14.8. The number of nitrogens with one attached hydrogen (secondary N) is 1. The first-order valence-electron chi connectivity index (χ1n) is 6.86. The van der Waals surface area contributed by atoms with Gasteiger partial charge >= 0.3 is 0 Å². The van der Waals surface area contributed by atoms with E-state index in [1.54, 1.807) is 11.3 Å². The van der Waals surface area contributed by atoms with E-state index in [2.05, 4.69) is 46.7 Å². The third kappa shape index (κ3) is 3.96. The number of hydrogen-bond acceptors (Lipinski definition) is 6. The van der Waals surface area contributed by atoms with Crippen LogP contribution in [0.4, 0.5) is 0 Å². The molecule has 0 saturated carbocycles. The summed E-state index contributed by atoms with van der Waals surface area (Å²) in [5.74, 6) is 1.77. The maximum atomic E-state index is 4.70. The minimum absolute atomic E-state index is 0.208. The van der Waals surface area contributed by atoms with Crippen LogP contribution in [0.25, 0.3) is 0 Å². The van der Waals surface area contributed by atoms with E-state index in [-0.39, 0.29) is 6.04 Å². The Balaban J connectivity index is 1.99. The molecular weight excluding hydrogens is 270 g/mol. The maximum absolute atomic E-state index is 4.70. The quantitative estimate of drug-likeness (QED) is 0.918. The predicted octanol–water partition coefficient (Wildman–Crippen LogP) is 1.49. The van der Waals surface area contributed by atoms with Gasteiger partial charge in [-0.15, -0.1) is 11.3 Å². The van der Waals surface area contributed by atoms with Crippen LogP contribution in [0.5, 0.6) is 0 Å². The third-order valence-corrected chi connectivity index (χ3v) is 4.07. The van der Waals surface area contributed by atoms with E-state index in [1.807, 2.05) is 19.0 Å². The molecule has 1 atom stereocenters. The molecule has 0 saturated heterocycles. The Hall–Kier alpha value is -1.56. The number of nitrogens with zero attached hydrogens (tertiary/aromatic N) is 4. The van der Waals surface area contributed by atoms with Crippen LogP contribution in [-0.4, -0.2) is 62.0 Å². The SMILES string of the molecule is CC1CN=C(N(C)C)NC(N(C)CCc2cccs2)=N1. The first-order valence-corrected chi connectivity index (χ1v) is 7.74. The summed E-state index contributed by atoms with van der Waals surface area (Å²) in [6, 6.07) is 4.48. The zero-order valence-electron chi connectivity index (χ0n) is 12.6. The van der Waals surface area contributed by atoms with Gasteiger partial charge in [-0.05, 0) is 24.8 Å². The van der Waals surface area contributed by atoms with E-state index in [1.165, 1.54) is 4.88 Å². The lowest BCUT2D eigenvalue weighted by atomic mass is 10.3. The van der Waals surface area contributed by atoms with E-state index < -0.39 is 0 Å². The van der Waals surface area contributed by atoms with Crippen LogP contribution < -0.4 is 5.32 Å². The van der Waals surface area contributed by atoms with Crippen LogP contribution in [0, 0.1) is 0 Å². The molecule has 0 spiro atoms. The van der Waals surface area contributed by atoms with Crippen LogP contribution in [0.3, 0.4) is 0 Å². The van der Waals surface area contributed by atoms with Gasteiger partial charge in [0.15, 0.2) is 5.96 Å². The van der Waals surface area contributed by atoms with Gasteiger partial charge in [-0.3, -0.25) is 10.3 Å². The lowest BCUT2D eigenvalue weighted by molar-refractivity contribution is 0.489. The Morgan fingerprint density at radius 1 is 1.35 bits per heavy atom. The molecule has 110 valence electrons. The fourth-order valence-corrected chi connectivity index (χ4v) is 2.62. The first-order chi connectivity index (χ1) is 9.56. The van der Waals surface area contributed by atoms with Crippen molar-refractivity contribution in [1.82, 2.24) is 15.1 Å². The number of guanidine groups is 2. The third-order valence-electron chi connectivity index (χ3n) is 3.13. The topological polar surface area (TPSA) is 43.2 Å². The molecule has 1 aromatic rings. The molecule has 5 nitrogen and oxygen atoms in total. The highest BCUT2D eigenvalue weighted by molar-refractivity contribution is 7.09. The minimum Gasteiger partial charge on any atom is -0.349 e. The van der Waals surface area contributed by atoms with Crippen LogP contribution in [0.1, 0.15) is 11.8 Å². The molecule has 0 radical (unpaired) electrons. The molecule has 0 fully saturated rings. The van der Waals surface area contributed by atoms with Gasteiger partial charge in [-0.1, -0.05) is 6.07 Å². The van der Waals surface area contributed by atoms with Gasteiger partial charge in [-0.25, -0.2) is 4.99 Å². The Labute approximate surface area is 125 Å². The Morgan fingerprint density at radius 2 is 2.15 bits per heavy atom. The normalized spacial score (nSPS) is 18.7. The summed E-state index contributed by atoms with van der Waals surface area (Å²) in [5.41, 5.74) is 0. The maximum Gasteiger partial charge on any atom is 0.200 e. The summed E-state index contributed by atoms with van der Waals surface area (Å²) in [7, 11) is 6.06. The van der Waals surface area contributed by atoms with Crippen molar-refractivity contribution in [3.05, 3.63) is 22.4 Å². The molecule has 1 aliphatic heterocycles. The highest BCUT2D eigenvalue weighted by Gasteiger charge is 2.16. The number of thiophene rings is 1. The molecule has 1 unspecified atom stereocenters. The van der Waals surface area contributed by atoms with Gasteiger partial charge in [0.05, 0.1) is 12.6 Å². The monoisotopic (exact) mass is 293 g/mol. The zero-order chi connectivity index (χ0) is 14.5. The molecule has 0 amide bonds. The smallest absolute Gasteiger partial charge is 0.200 e. The highest BCUT2D eigenvalue weighted by atomic mass is 32.1. The Bertz CT molecular complexity index is 478. The van der Waals surface area contributed by atoms with Crippen molar-refractivity contribution in [3.63, 3.8) is 0 Å². The van der Waals surface area contributed by atoms with Crippen molar-refractivity contribution in [2.75, 3.05) is 34.2 Å². The summed E-state index contributed by atoms with van der Waals surface area (Å²) >= 11 is 1.80. The summed E-state index contributed by atoms with van der Waals surface area (Å²) < 4.78 is 0. The van der Waals surface area contributed by atoms with E-state index >= 15 is 0 Å². The summed E-state index contributed by atoms with van der Waals surface area (Å²) in [6.45, 7) is 3.76. The highest BCUT2D eigenvalue weighted by Crippen LogP contribution is 2.10. The van der Waals surface area contributed by atoms with Crippen molar-refractivity contribution in [2.45, 2.75) is 19.4 Å². The molecule has 1 aliphatic rings. The molecular formula is C14H23N5S. The Morgan fingerprint density at radius 3 is 2.80 bits per heavy atom. The lowest BCUT2D eigenvalue weighted by Crippen LogP contribution is -2.47. The molecule has 0 aromatic carbocycles. The van der Waals surface area contributed by atoms with Gasteiger partial charge in [-0.2, -0.15) is 0 Å². The molecule has 6 heteroatoms. The number of likely N-dealkylation sites (N-methyl/N-ethyl adjacent to an activating group) is 1. The van der Waals surface area contributed by atoms with E-state index in [4.69, 9.17) is 4.99 Å². The van der Waals surface area contributed by atoms with E-state index in [0.29, 0.717) is 0 Å². The molecule has 20 heavy (non-hydrogen) atoms. The lowest BCUT2D eigenvalue weighted by Gasteiger charge is -2.24. The van der Waals surface area contributed by atoms with Crippen LogP contribution in [0.2, 0.25) is 0 Å². The first kappa shape index (κ1) is 14.8. The molecule has 1 aromatic heterocycles. The van der Waals surface area contributed by atoms with Crippen molar-refractivity contribution >= 4 is 23.3 Å². The van der Waals surface area contributed by atoms with Crippen molar-refractivity contribution in [3.8, 4) is 0 Å². The number of rotatable bonds is 3. The largest absolute Gasteiger partial charge is 0.349 e. The van der Waals surface area contributed by atoms with Gasteiger partial charge < -0.3 is 9.80 Å². The molecule has 1 N–H and O–H groups in total. The second-order valence-corrected chi connectivity index (χ2v) is 6.27. The van der Waals surface area contributed by atoms with Gasteiger partial charge in [0.2, 0.25) is 5.96 Å². The average molecular weight is 293 g/mol. The van der Waals surface area contributed by atoms with Crippen molar-refractivity contribution in [2.24, 2.45) is 9.98 Å². The number of aliphatic imine (C=N–C) groups is 2. The van der Waals surface area contributed by atoms with E-state index in [9.17, 15) is 0 Å². The van der Waals surface area contributed by atoms with Crippen molar-refractivity contribution in [1.29, 1.82) is 0 Å². The summed E-state index contributed by atoms with van der Waals surface area (Å²) in [6.07, 6.45) is 1.04. The minimum atomic E-state index is 0.208. The van der Waals surface area contributed by atoms with Gasteiger partial charge in [0.1, 0.15) is 0 Å². The average Bonchev–Trinajstić information content (AvgIpc) is 2.84. The van der Waals surface area contributed by atoms with Crippen LogP contribution in [-0.2, 0) is 6.42 Å². The molecule has 2 heterocycles. The Kier molecular flexibility index (Phi) is 5.00. The van der Waals surface area contributed by atoms with Crippen molar-refractivity contribution < 1.29 is 0 Å². The predicted molar refractivity (Wildman–Crippen MR) is 86.7 cm³/mol. The van der Waals surface area contributed by atoms with Crippen LogP contribution in [0.15, 0.2) is 27.5 Å². The standard InChI is InChI=1S/C14H23N5S/c1-11-10-15-13(18(2)3)17-14(16-11)19(4)8-7-12-6-5-9-20-12/h5-6,9,11H,7-8,10H2,1-4H3,(H,15,16,17). The molecule has 0 aliphatic carbocycles. The second kappa shape index (κ2) is 6.74. The summed E-state index contributed by atoms with van der Waals surface area (Å²) in [5, 5.41) is 5.45. The fourth-order valence-electron chi connectivity index (χ4n) is 1.93. The van der Waals surface area contributed by atoms with Crippen LogP contribution >= 0.6 is 11.3 Å². The second-order valence-electron chi connectivity index (χ2n) is 5.24. The van der Waals surface area contributed by atoms with Gasteiger partial charge in [0.25, 0.3) is 0 Å². The van der Waals surface area contributed by atoms with Gasteiger partial charge in [0, 0.05) is 32.6 Å². The number of hydrogen-bond donors (Lipinski definition) is 1. The fraction of sp³-hybridized carbons (Fsp3) is 0.571. The molecule has 0 bridgehead atoms. The van der Waals surface area contributed by atoms with E-state index in [0.717, 1.165) is 31.4 Å².